The second kappa shape index (κ2) is 4.08. The van der Waals surface area contributed by atoms with Gasteiger partial charge in [0.25, 0.3) is 5.56 Å². The summed E-state index contributed by atoms with van der Waals surface area (Å²) in [4.78, 5) is 26.4. The van der Waals surface area contributed by atoms with E-state index in [-0.39, 0.29) is 17.5 Å². The van der Waals surface area contributed by atoms with Gasteiger partial charge in [0.15, 0.2) is 0 Å². The number of hydrogen-bond donors (Lipinski definition) is 0. The molecule has 0 N–H and O–H groups in total. The van der Waals surface area contributed by atoms with E-state index < -0.39 is 5.82 Å². The fourth-order valence-electron chi connectivity index (χ4n) is 1.91. The second-order valence-electron chi connectivity index (χ2n) is 3.83. The minimum Gasteiger partial charge on any atom is -0.308 e. The number of nitrogens with zero attached hydrogens (tertiary/aromatic N) is 2. The molecule has 0 unspecified atom stereocenters. The molecule has 4 nitrogen and oxygen atoms in total. The highest BCUT2D eigenvalue weighted by atomic mass is 19.1. The molecule has 2 aromatic rings. The maximum atomic E-state index is 13.6. The number of carbonyl (C=O) groups is 1. The van der Waals surface area contributed by atoms with Gasteiger partial charge in [0.1, 0.15) is 17.8 Å². The smallest absolute Gasteiger partial charge is 0.272 e. The third-order valence-corrected chi connectivity index (χ3v) is 2.73. The van der Waals surface area contributed by atoms with Gasteiger partial charge in [-0.2, -0.15) is 0 Å². The van der Waals surface area contributed by atoms with Crippen LogP contribution in [0.15, 0.2) is 16.9 Å². The number of hydrogen-bond acceptors (Lipinski definition) is 3. The van der Waals surface area contributed by atoms with Gasteiger partial charge in [-0.15, -0.1) is 0 Å². The molecule has 0 bridgehead atoms. The quantitative estimate of drug-likeness (QED) is 0.732. The first-order valence-corrected chi connectivity index (χ1v) is 5.14. The van der Waals surface area contributed by atoms with E-state index in [1.165, 1.54) is 16.7 Å². The molecule has 0 fully saturated rings. The molecule has 0 amide bonds. The van der Waals surface area contributed by atoms with E-state index in [0.717, 1.165) is 0 Å². The number of halogens is 1. The van der Waals surface area contributed by atoms with Crippen LogP contribution in [0.3, 0.4) is 0 Å². The highest BCUT2D eigenvalue weighted by molar-refractivity contribution is 5.81. The molecule has 17 heavy (non-hydrogen) atoms. The number of aldehydes is 1. The van der Waals surface area contributed by atoms with Crippen LogP contribution in [0.25, 0.3) is 11.0 Å². The molecule has 0 aliphatic rings. The van der Waals surface area contributed by atoms with Gasteiger partial charge in [0.05, 0.1) is 11.0 Å². The first-order valence-electron chi connectivity index (χ1n) is 5.14. The number of aromatic nitrogens is 2. The first-order chi connectivity index (χ1) is 8.06. The van der Waals surface area contributed by atoms with Crippen molar-refractivity contribution in [2.24, 2.45) is 7.05 Å². The van der Waals surface area contributed by atoms with Gasteiger partial charge < -0.3 is 9.36 Å². The third kappa shape index (κ3) is 1.73. The van der Waals surface area contributed by atoms with Gasteiger partial charge in [-0.25, -0.2) is 9.37 Å². The maximum absolute atomic E-state index is 13.6. The average Bonchev–Trinajstić information content (AvgIpc) is 2.30. The van der Waals surface area contributed by atoms with E-state index in [1.807, 2.05) is 0 Å². The molecule has 0 saturated carbocycles. The summed E-state index contributed by atoms with van der Waals surface area (Å²) in [5, 5.41) is 0. The molecule has 5 heteroatoms. The van der Waals surface area contributed by atoms with Crippen molar-refractivity contribution in [3.63, 3.8) is 0 Å². The number of carbonyl (C=O) groups excluding carboxylic acids is 1. The zero-order valence-corrected chi connectivity index (χ0v) is 9.53. The summed E-state index contributed by atoms with van der Waals surface area (Å²) in [5.41, 5.74) is 1.18. The highest BCUT2D eigenvalue weighted by Crippen LogP contribution is 2.19. The molecule has 0 spiro atoms. The molecule has 1 heterocycles. The summed E-state index contributed by atoms with van der Waals surface area (Å²) in [6.45, 7) is 1.60. The van der Waals surface area contributed by atoms with Crippen LogP contribution in [-0.4, -0.2) is 15.8 Å². The normalized spacial score (nSPS) is 10.8. The van der Waals surface area contributed by atoms with Crippen LogP contribution in [0.1, 0.15) is 11.3 Å². The van der Waals surface area contributed by atoms with Crippen LogP contribution in [0.2, 0.25) is 0 Å². The molecule has 0 atom stereocenters. The number of fused-ring (bicyclic) bond motifs is 1. The Labute approximate surface area is 96.7 Å². The van der Waals surface area contributed by atoms with Crippen molar-refractivity contribution in [1.82, 2.24) is 9.55 Å². The van der Waals surface area contributed by atoms with Gasteiger partial charge in [-0.05, 0) is 19.1 Å². The van der Waals surface area contributed by atoms with Crippen molar-refractivity contribution >= 4 is 17.3 Å². The summed E-state index contributed by atoms with van der Waals surface area (Å²) >= 11 is 0. The zero-order chi connectivity index (χ0) is 12.6. The van der Waals surface area contributed by atoms with Crippen LogP contribution in [0.4, 0.5) is 4.39 Å². The highest BCUT2D eigenvalue weighted by Gasteiger charge is 2.13. The molecule has 0 radical (unpaired) electrons. The fraction of sp³-hybridized carbons (Fsp3) is 0.250. The molecule has 0 saturated heterocycles. The molecule has 2 rings (SSSR count). The largest absolute Gasteiger partial charge is 0.308 e. The fourth-order valence-corrected chi connectivity index (χ4v) is 1.91. The Bertz CT molecular complexity index is 662. The summed E-state index contributed by atoms with van der Waals surface area (Å²) < 4.78 is 14.9. The average molecular weight is 234 g/mol. The Morgan fingerprint density at radius 2 is 2.18 bits per heavy atom. The molecule has 0 aliphatic carbocycles. The Morgan fingerprint density at radius 3 is 2.82 bits per heavy atom. The summed E-state index contributed by atoms with van der Waals surface area (Å²) in [6.07, 6.45) is 0.545. The van der Waals surface area contributed by atoms with Crippen LogP contribution < -0.4 is 5.56 Å². The maximum Gasteiger partial charge on any atom is 0.272 e. The van der Waals surface area contributed by atoms with Gasteiger partial charge in [-0.1, -0.05) is 0 Å². The number of benzene rings is 1. The van der Waals surface area contributed by atoms with E-state index in [2.05, 4.69) is 4.98 Å². The minimum absolute atomic E-state index is 0.0683. The van der Waals surface area contributed by atoms with Crippen molar-refractivity contribution in [2.75, 3.05) is 0 Å². The SMILES string of the molecule is Cc1nc2ccc(F)c(CC=O)c2n(C)c1=O. The van der Waals surface area contributed by atoms with E-state index in [1.54, 1.807) is 14.0 Å². The Hall–Kier alpha value is -2.04. The van der Waals surface area contributed by atoms with E-state index >= 15 is 0 Å². The molecular formula is C12H11FN2O2. The van der Waals surface area contributed by atoms with Crippen molar-refractivity contribution in [2.45, 2.75) is 13.3 Å². The van der Waals surface area contributed by atoms with Gasteiger partial charge >= 0.3 is 0 Å². The topological polar surface area (TPSA) is 52.0 Å². The van der Waals surface area contributed by atoms with Crippen molar-refractivity contribution in [1.29, 1.82) is 0 Å². The summed E-state index contributed by atoms with van der Waals surface area (Å²) in [6, 6.07) is 2.77. The van der Waals surface area contributed by atoms with Gasteiger partial charge in [0.2, 0.25) is 0 Å². The second-order valence-corrected chi connectivity index (χ2v) is 3.83. The standard InChI is InChI=1S/C12H11FN2O2/c1-7-12(17)15(2)11-8(5-6-16)9(13)3-4-10(11)14-7/h3-4,6H,5H2,1-2H3. The lowest BCUT2D eigenvalue weighted by Crippen LogP contribution is -2.22. The van der Waals surface area contributed by atoms with Crippen molar-refractivity contribution < 1.29 is 9.18 Å². The lowest BCUT2D eigenvalue weighted by atomic mass is 10.1. The monoisotopic (exact) mass is 234 g/mol. The van der Waals surface area contributed by atoms with Gasteiger partial charge in [-0.3, -0.25) is 4.79 Å². The molecule has 1 aromatic heterocycles. The predicted octanol–water partition coefficient (Wildman–Crippen LogP) is 1.12. The molecule has 1 aromatic carbocycles. The van der Waals surface area contributed by atoms with E-state index in [4.69, 9.17) is 0 Å². The zero-order valence-electron chi connectivity index (χ0n) is 9.53. The number of rotatable bonds is 2. The van der Waals surface area contributed by atoms with Crippen LogP contribution in [0.5, 0.6) is 0 Å². The Morgan fingerprint density at radius 1 is 1.47 bits per heavy atom. The van der Waals surface area contributed by atoms with E-state index in [9.17, 15) is 14.0 Å². The van der Waals surface area contributed by atoms with Crippen LogP contribution in [0, 0.1) is 12.7 Å². The van der Waals surface area contributed by atoms with E-state index in [0.29, 0.717) is 23.0 Å². The first kappa shape index (κ1) is 11.4. The lowest BCUT2D eigenvalue weighted by molar-refractivity contribution is -0.107. The number of aryl methyl sites for hydroxylation is 2. The molecular weight excluding hydrogens is 223 g/mol. The van der Waals surface area contributed by atoms with Gasteiger partial charge in [0, 0.05) is 19.0 Å². The predicted molar refractivity (Wildman–Crippen MR) is 61.4 cm³/mol. The van der Waals surface area contributed by atoms with Crippen LogP contribution >= 0.6 is 0 Å². The van der Waals surface area contributed by atoms with Crippen LogP contribution in [-0.2, 0) is 18.3 Å². The molecule has 88 valence electrons. The van der Waals surface area contributed by atoms with Crippen molar-refractivity contribution in [3.8, 4) is 0 Å². The lowest BCUT2D eigenvalue weighted by Gasteiger charge is -2.10. The van der Waals surface area contributed by atoms with Crippen molar-refractivity contribution in [3.05, 3.63) is 39.6 Å². The molecule has 0 aliphatic heterocycles. The Kier molecular flexibility index (Phi) is 2.75. The Balaban J connectivity index is 2.97. The summed E-state index contributed by atoms with van der Waals surface area (Å²) in [7, 11) is 1.55. The third-order valence-electron chi connectivity index (χ3n) is 2.73. The summed E-state index contributed by atoms with van der Waals surface area (Å²) in [5.74, 6) is -0.495. The minimum atomic E-state index is -0.495.